The largest absolute Gasteiger partial charge is 0.419 e. The van der Waals surface area contributed by atoms with Gasteiger partial charge in [0.05, 0.1) is 5.52 Å². The lowest BCUT2D eigenvalue weighted by Gasteiger charge is -2.29. The maximum atomic E-state index is 12.6. The van der Waals surface area contributed by atoms with E-state index in [9.17, 15) is 9.59 Å². The molecular formula is C19H17ClN2O3. The number of aryl methyl sites for hydroxylation is 1. The summed E-state index contributed by atoms with van der Waals surface area (Å²) in [5.74, 6) is -0.396. The number of aromatic nitrogens is 1. The van der Waals surface area contributed by atoms with E-state index in [4.69, 9.17) is 16.0 Å². The Bertz CT molecular complexity index is 1010. The van der Waals surface area contributed by atoms with Crippen LogP contribution in [-0.2, 0) is 24.3 Å². The molecule has 5 nitrogen and oxygen atoms in total. The fraction of sp³-hybridized carbons (Fsp3) is 0.263. The van der Waals surface area contributed by atoms with Crippen LogP contribution < -0.4 is 5.76 Å². The zero-order chi connectivity index (χ0) is 17.4. The van der Waals surface area contributed by atoms with Crippen molar-refractivity contribution in [3.8, 4) is 0 Å². The molecule has 25 heavy (non-hydrogen) atoms. The first-order valence-electron chi connectivity index (χ1n) is 8.25. The van der Waals surface area contributed by atoms with Crippen LogP contribution >= 0.6 is 11.6 Å². The Kier molecular flexibility index (Phi) is 4.09. The summed E-state index contributed by atoms with van der Waals surface area (Å²) in [4.78, 5) is 26.4. The number of hydrogen-bond acceptors (Lipinski definition) is 3. The zero-order valence-electron chi connectivity index (χ0n) is 13.6. The van der Waals surface area contributed by atoms with E-state index in [0.29, 0.717) is 30.2 Å². The smallest absolute Gasteiger partial charge is 0.408 e. The van der Waals surface area contributed by atoms with Crippen molar-refractivity contribution in [2.45, 2.75) is 25.9 Å². The molecule has 0 atom stereocenters. The molecule has 0 unspecified atom stereocenters. The summed E-state index contributed by atoms with van der Waals surface area (Å²) >= 11 is 6.05. The summed E-state index contributed by atoms with van der Waals surface area (Å²) in [6, 6.07) is 13.1. The fourth-order valence-corrected chi connectivity index (χ4v) is 3.52. The third-order valence-corrected chi connectivity index (χ3v) is 4.89. The minimum atomic E-state index is -0.426. The number of oxazole rings is 1. The van der Waals surface area contributed by atoms with Crippen LogP contribution in [-0.4, -0.2) is 21.9 Å². The number of nitrogens with zero attached hydrogens (tertiary/aromatic N) is 2. The number of halogens is 1. The summed E-state index contributed by atoms with van der Waals surface area (Å²) in [7, 11) is 0. The highest BCUT2D eigenvalue weighted by molar-refractivity contribution is 6.30. The SMILES string of the molecule is O=C(CCn1c(=O)oc2ccccc21)N1CCc2ccc(Cl)cc2C1. The summed E-state index contributed by atoms with van der Waals surface area (Å²) in [5, 5.41) is 0.685. The van der Waals surface area contributed by atoms with E-state index in [1.54, 1.807) is 6.07 Å². The summed E-state index contributed by atoms with van der Waals surface area (Å²) in [5.41, 5.74) is 3.60. The van der Waals surface area contributed by atoms with Crippen LogP contribution in [0.25, 0.3) is 11.1 Å². The standard InChI is InChI=1S/C19H17ClN2O3/c20-15-6-5-13-7-9-21(12-14(13)11-15)18(23)8-10-22-16-3-1-2-4-17(16)25-19(22)24/h1-6,11H,7-10,12H2. The zero-order valence-corrected chi connectivity index (χ0v) is 14.3. The van der Waals surface area contributed by atoms with E-state index >= 15 is 0 Å². The molecular weight excluding hydrogens is 340 g/mol. The van der Waals surface area contributed by atoms with Crippen LogP contribution in [0.5, 0.6) is 0 Å². The lowest BCUT2D eigenvalue weighted by molar-refractivity contribution is -0.132. The van der Waals surface area contributed by atoms with Gasteiger partial charge in [-0.2, -0.15) is 0 Å². The third kappa shape index (κ3) is 3.07. The first-order chi connectivity index (χ1) is 12.1. The van der Waals surface area contributed by atoms with Gasteiger partial charge in [-0.1, -0.05) is 29.8 Å². The first kappa shape index (κ1) is 16.0. The van der Waals surface area contributed by atoms with Gasteiger partial charge < -0.3 is 9.32 Å². The van der Waals surface area contributed by atoms with Gasteiger partial charge in [0.2, 0.25) is 5.91 Å². The number of hydrogen-bond donors (Lipinski definition) is 0. The minimum Gasteiger partial charge on any atom is -0.408 e. The van der Waals surface area contributed by atoms with Gasteiger partial charge in [-0.05, 0) is 41.8 Å². The Morgan fingerprint density at radius 1 is 1.16 bits per heavy atom. The molecule has 4 rings (SSSR count). The quantitative estimate of drug-likeness (QED) is 0.724. The van der Waals surface area contributed by atoms with Crippen molar-refractivity contribution in [2.75, 3.05) is 6.54 Å². The highest BCUT2D eigenvalue weighted by atomic mass is 35.5. The minimum absolute atomic E-state index is 0.0304. The molecule has 1 aromatic heterocycles. The Morgan fingerprint density at radius 2 is 2.00 bits per heavy atom. The van der Waals surface area contributed by atoms with Crippen molar-refractivity contribution in [1.29, 1.82) is 0 Å². The molecule has 0 saturated heterocycles. The maximum absolute atomic E-state index is 12.6. The van der Waals surface area contributed by atoms with Gasteiger partial charge in [0.15, 0.2) is 5.58 Å². The van der Waals surface area contributed by atoms with Gasteiger partial charge in [-0.15, -0.1) is 0 Å². The normalized spacial score (nSPS) is 13.9. The molecule has 0 radical (unpaired) electrons. The van der Waals surface area contributed by atoms with Crippen LogP contribution in [0.4, 0.5) is 0 Å². The van der Waals surface area contributed by atoms with Crippen molar-refractivity contribution in [2.24, 2.45) is 0 Å². The van der Waals surface area contributed by atoms with Gasteiger partial charge >= 0.3 is 5.76 Å². The van der Waals surface area contributed by atoms with Crippen LogP contribution in [0, 0.1) is 0 Å². The molecule has 0 aliphatic carbocycles. The number of rotatable bonds is 3. The van der Waals surface area contributed by atoms with Crippen molar-refractivity contribution in [3.63, 3.8) is 0 Å². The van der Waals surface area contributed by atoms with E-state index in [1.807, 2.05) is 41.3 Å². The molecule has 0 saturated carbocycles. The van der Waals surface area contributed by atoms with Gasteiger partial charge in [-0.25, -0.2) is 4.79 Å². The van der Waals surface area contributed by atoms with Crippen molar-refractivity contribution in [1.82, 2.24) is 9.47 Å². The Balaban J connectivity index is 1.47. The number of para-hydroxylation sites is 2. The lowest BCUT2D eigenvalue weighted by Crippen LogP contribution is -2.36. The average Bonchev–Trinajstić information content (AvgIpc) is 2.94. The van der Waals surface area contributed by atoms with Crippen LogP contribution in [0.15, 0.2) is 51.7 Å². The van der Waals surface area contributed by atoms with E-state index in [-0.39, 0.29) is 12.3 Å². The second-order valence-corrected chi connectivity index (χ2v) is 6.65. The predicted molar refractivity (Wildman–Crippen MR) is 95.7 cm³/mol. The van der Waals surface area contributed by atoms with E-state index in [0.717, 1.165) is 17.5 Å². The van der Waals surface area contributed by atoms with Crippen molar-refractivity contribution >= 4 is 28.6 Å². The van der Waals surface area contributed by atoms with Crippen LogP contribution in [0.3, 0.4) is 0 Å². The summed E-state index contributed by atoms with van der Waals surface area (Å²) in [6.45, 7) is 1.57. The number of fused-ring (bicyclic) bond motifs is 2. The monoisotopic (exact) mass is 356 g/mol. The van der Waals surface area contributed by atoms with Crippen LogP contribution in [0.1, 0.15) is 17.5 Å². The van der Waals surface area contributed by atoms with Gasteiger partial charge in [-0.3, -0.25) is 9.36 Å². The topological polar surface area (TPSA) is 55.5 Å². The van der Waals surface area contributed by atoms with E-state index < -0.39 is 5.76 Å². The van der Waals surface area contributed by atoms with Gasteiger partial charge in [0, 0.05) is 31.1 Å². The Hall–Kier alpha value is -2.53. The molecule has 1 amide bonds. The highest BCUT2D eigenvalue weighted by Gasteiger charge is 2.21. The number of benzene rings is 2. The third-order valence-electron chi connectivity index (χ3n) is 4.66. The molecule has 1 aliphatic heterocycles. The number of carbonyl (C=O) groups is 1. The van der Waals surface area contributed by atoms with Crippen molar-refractivity contribution < 1.29 is 9.21 Å². The highest BCUT2D eigenvalue weighted by Crippen LogP contribution is 2.23. The van der Waals surface area contributed by atoms with E-state index in [2.05, 4.69) is 0 Å². The molecule has 2 heterocycles. The van der Waals surface area contributed by atoms with Crippen molar-refractivity contribution in [3.05, 3.63) is 69.2 Å². The Labute approximate surface area is 149 Å². The summed E-state index contributed by atoms with van der Waals surface area (Å²) < 4.78 is 6.72. The molecule has 0 N–H and O–H groups in total. The lowest BCUT2D eigenvalue weighted by atomic mass is 9.99. The summed E-state index contributed by atoms with van der Waals surface area (Å²) in [6.07, 6.45) is 1.09. The number of carbonyl (C=O) groups excluding carboxylic acids is 1. The molecule has 6 heteroatoms. The number of amides is 1. The molecule has 1 aliphatic rings. The molecule has 0 bridgehead atoms. The maximum Gasteiger partial charge on any atom is 0.419 e. The van der Waals surface area contributed by atoms with E-state index in [1.165, 1.54) is 10.1 Å². The first-order valence-corrected chi connectivity index (χ1v) is 8.63. The average molecular weight is 357 g/mol. The molecule has 2 aromatic carbocycles. The second kappa shape index (κ2) is 6.41. The predicted octanol–water partition coefficient (Wildman–Crippen LogP) is 3.22. The van der Waals surface area contributed by atoms with Crippen LogP contribution in [0.2, 0.25) is 5.02 Å². The fourth-order valence-electron chi connectivity index (χ4n) is 3.33. The molecule has 0 fully saturated rings. The second-order valence-electron chi connectivity index (χ2n) is 6.22. The molecule has 3 aromatic rings. The molecule has 128 valence electrons. The Morgan fingerprint density at radius 3 is 2.88 bits per heavy atom. The molecule has 0 spiro atoms. The van der Waals surface area contributed by atoms with Gasteiger partial charge in [0.1, 0.15) is 0 Å². The van der Waals surface area contributed by atoms with Gasteiger partial charge in [0.25, 0.3) is 0 Å².